The molecule has 1 aliphatic carbocycles. The molecule has 21 heavy (non-hydrogen) atoms. The smallest absolute Gasteiger partial charge is 0.0716 e. The molecule has 3 rings (SSSR count). The van der Waals surface area contributed by atoms with Crippen molar-refractivity contribution in [1.29, 1.82) is 0 Å². The summed E-state index contributed by atoms with van der Waals surface area (Å²) < 4.78 is 6.70. The quantitative estimate of drug-likeness (QED) is 0.720. The lowest BCUT2D eigenvalue weighted by Gasteiger charge is -2.24. The van der Waals surface area contributed by atoms with Crippen LogP contribution in [0.2, 0.25) is 0 Å². The molecule has 2 aromatic rings. The van der Waals surface area contributed by atoms with Crippen LogP contribution in [0.4, 0.5) is 0 Å². The largest absolute Gasteiger partial charge is 0.380 e. The minimum absolute atomic E-state index is 0.504. The number of benzene rings is 1. The zero-order valence-corrected chi connectivity index (χ0v) is 15.2. The molecule has 1 unspecified atom stereocenters. The Morgan fingerprint density at radius 1 is 1.33 bits per heavy atom. The summed E-state index contributed by atoms with van der Waals surface area (Å²) in [5, 5.41) is 3.75. The van der Waals surface area contributed by atoms with Crippen LogP contribution >= 0.6 is 33.9 Å². The van der Waals surface area contributed by atoms with Crippen LogP contribution in [0.3, 0.4) is 0 Å². The molecule has 1 aromatic carbocycles. The third-order valence-corrected chi connectivity index (χ3v) is 6.01. The lowest BCUT2D eigenvalue weighted by atomic mass is 9.93. The zero-order chi connectivity index (χ0) is 14.7. The van der Waals surface area contributed by atoms with E-state index in [1.165, 1.54) is 38.8 Å². The SMILES string of the molecule is COCc1ccccc1CNC1CCCc2sc(I)cc21. The molecule has 0 saturated heterocycles. The van der Waals surface area contributed by atoms with Crippen molar-refractivity contribution in [2.24, 2.45) is 0 Å². The molecule has 1 heterocycles. The van der Waals surface area contributed by atoms with Gasteiger partial charge in [-0.15, -0.1) is 11.3 Å². The fourth-order valence-electron chi connectivity index (χ4n) is 2.99. The van der Waals surface area contributed by atoms with Gasteiger partial charge >= 0.3 is 0 Å². The van der Waals surface area contributed by atoms with E-state index in [1.807, 2.05) is 11.3 Å². The van der Waals surface area contributed by atoms with Crippen LogP contribution in [0.5, 0.6) is 0 Å². The number of hydrogen-bond donors (Lipinski definition) is 1. The van der Waals surface area contributed by atoms with Crippen LogP contribution in [-0.2, 0) is 24.3 Å². The molecule has 0 amide bonds. The molecule has 0 radical (unpaired) electrons. The summed E-state index contributed by atoms with van der Waals surface area (Å²) in [5.74, 6) is 0. The molecule has 1 atom stereocenters. The molecular weight excluding hydrogens is 393 g/mol. The maximum absolute atomic E-state index is 5.29. The van der Waals surface area contributed by atoms with E-state index >= 15 is 0 Å². The topological polar surface area (TPSA) is 21.3 Å². The van der Waals surface area contributed by atoms with E-state index in [0.717, 1.165) is 6.54 Å². The summed E-state index contributed by atoms with van der Waals surface area (Å²) >= 11 is 4.39. The van der Waals surface area contributed by atoms with Crippen LogP contribution in [0, 0.1) is 2.88 Å². The number of nitrogens with one attached hydrogen (secondary N) is 1. The zero-order valence-electron chi connectivity index (χ0n) is 12.2. The summed E-state index contributed by atoms with van der Waals surface area (Å²) in [6.07, 6.45) is 3.79. The number of fused-ring (bicyclic) bond motifs is 1. The number of rotatable bonds is 5. The molecule has 2 nitrogen and oxygen atoms in total. The van der Waals surface area contributed by atoms with Gasteiger partial charge in [0.2, 0.25) is 0 Å². The highest BCUT2D eigenvalue weighted by Gasteiger charge is 2.22. The minimum atomic E-state index is 0.504. The van der Waals surface area contributed by atoms with Crippen LogP contribution in [0.1, 0.15) is 40.5 Å². The van der Waals surface area contributed by atoms with E-state index in [9.17, 15) is 0 Å². The normalized spacial score (nSPS) is 17.7. The van der Waals surface area contributed by atoms with E-state index < -0.39 is 0 Å². The van der Waals surface area contributed by atoms with Crippen molar-refractivity contribution in [1.82, 2.24) is 5.32 Å². The highest BCUT2D eigenvalue weighted by Crippen LogP contribution is 2.36. The van der Waals surface area contributed by atoms with Crippen molar-refractivity contribution >= 4 is 33.9 Å². The van der Waals surface area contributed by atoms with Gasteiger partial charge in [0.05, 0.1) is 9.49 Å². The van der Waals surface area contributed by atoms with Crippen LogP contribution < -0.4 is 5.32 Å². The number of aryl methyl sites for hydroxylation is 1. The highest BCUT2D eigenvalue weighted by molar-refractivity contribution is 14.1. The Kier molecular flexibility index (Phi) is 5.32. The van der Waals surface area contributed by atoms with Gasteiger partial charge in [-0.3, -0.25) is 0 Å². The molecule has 0 saturated carbocycles. The molecule has 1 aromatic heterocycles. The highest BCUT2D eigenvalue weighted by atomic mass is 127. The lowest BCUT2D eigenvalue weighted by molar-refractivity contribution is 0.184. The van der Waals surface area contributed by atoms with E-state index in [0.29, 0.717) is 12.6 Å². The number of hydrogen-bond acceptors (Lipinski definition) is 3. The maximum Gasteiger partial charge on any atom is 0.0716 e. The fraction of sp³-hybridized carbons (Fsp3) is 0.412. The Morgan fingerprint density at radius 2 is 2.14 bits per heavy atom. The van der Waals surface area contributed by atoms with Crippen molar-refractivity contribution in [2.75, 3.05) is 7.11 Å². The first-order chi connectivity index (χ1) is 10.3. The number of methoxy groups -OCH3 is 1. The second-order valence-corrected chi connectivity index (χ2v) is 8.49. The lowest BCUT2D eigenvalue weighted by Crippen LogP contribution is -2.24. The average molecular weight is 413 g/mol. The first kappa shape index (κ1) is 15.5. The van der Waals surface area contributed by atoms with E-state index in [4.69, 9.17) is 4.74 Å². The molecule has 1 aliphatic rings. The summed E-state index contributed by atoms with van der Waals surface area (Å²) in [4.78, 5) is 1.58. The van der Waals surface area contributed by atoms with E-state index in [1.54, 1.807) is 12.0 Å². The van der Waals surface area contributed by atoms with E-state index in [-0.39, 0.29) is 0 Å². The predicted molar refractivity (Wildman–Crippen MR) is 96.7 cm³/mol. The van der Waals surface area contributed by atoms with Gasteiger partial charge in [-0.25, -0.2) is 0 Å². The van der Waals surface area contributed by atoms with Crippen molar-refractivity contribution < 1.29 is 4.74 Å². The van der Waals surface area contributed by atoms with Gasteiger partial charge in [0.25, 0.3) is 0 Å². The molecular formula is C17H20INOS. The molecule has 112 valence electrons. The van der Waals surface area contributed by atoms with Gasteiger partial charge < -0.3 is 10.1 Å². The number of halogens is 1. The molecule has 0 fully saturated rings. The predicted octanol–water partition coefficient (Wildman–Crippen LogP) is 4.67. The molecule has 4 heteroatoms. The van der Waals surface area contributed by atoms with Crippen LogP contribution in [0.15, 0.2) is 30.3 Å². The standard InChI is InChI=1S/C17H20INOS/c1-20-11-13-6-3-2-5-12(13)10-19-15-7-4-8-16-14(15)9-17(18)21-16/h2-3,5-6,9,15,19H,4,7-8,10-11H2,1H3. The Bertz CT molecular complexity index is 611. The third kappa shape index (κ3) is 3.67. The Hall–Kier alpha value is -0.430. The molecule has 0 bridgehead atoms. The van der Waals surface area contributed by atoms with Crippen LogP contribution in [0.25, 0.3) is 0 Å². The second-order valence-electron chi connectivity index (χ2n) is 5.46. The summed E-state index contributed by atoms with van der Waals surface area (Å²) in [6, 6.07) is 11.4. The second kappa shape index (κ2) is 7.22. The van der Waals surface area contributed by atoms with Gasteiger partial charge in [0, 0.05) is 24.6 Å². The van der Waals surface area contributed by atoms with Gasteiger partial charge in [0.1, 0.15) is 0 Å². The molecule has 1 N–H and O–H groups in total. The first-order valence-corrected chi connectivity index (χ1v) is 9.24. The van der Waals surface area contributed by atoms with Gasteiger partial charge in [-0.1, -0.05) is 24.3 Å². The number of thiophene rings is 1. The van der Waals surface area contributed by atoms with Crippen molar-refractivity contribution in [3.05, 3.63) is 54.8 Å². The molecule has 0 aliphatic heterocycles. The summed E-state index contributed by atoms with van der Waals surface area (Å²) in [6.45, 7) is 1.60. The maximum atomic E-state index is 5.29. The van der Waals surface area contributed by atoms with E-state index in [2.05, 4.69) is 58.2 Å². The van der Waals surface area contributed by atoms with Gasteiger partial charge in [-0.05, 0) is 64.6 Å². The minimum Gasteiger partial charge on any atom is -0.380 e. The summed E-state index contributed by atoms with van der Waals surface area (Å²) in [7, 11) is 1.75. The molecule has 0 spiro atoms. The Morgan fingerprint density at radius 3 is 2.95 bits per heavy atom. The monoisotopic (exact) mass is 413 g/mol. The third-order valence-electron chi connectivity index (χ3n) is 4.04. The van der Waals surface area contributed by atoms with Crippen molar-refractivity contribution in [2.45, 2.75) is 38.5 Å². The van der Waals surface area contributed by atoms with Crippen molar-refractivity contribution in [3.63, 3.8) is 0 Å². The Labute approximate surface area is 144 Å². The van der Waals surface area contributed by atoms with Gasteiger partial charge in [-0.2, -0.15) is 0 Å². The Balaban J connectivity index is 1.71. The summed E-state index contributed by atoms with van der Waals surface area (Å²) in [5.41, 5.74) is 4.15. The number of ether oxygens (including phenoxy) is 1. The first-order valence-electron chi connectivity index (χ1n) is 7.35. The van der Waals surface area contributed by atoms with Crippen LogP contribution in [-0.4, -0.2) is 7.11 Å². The fourth-order valence-corrected chi connectivity index (χ4v) is 5.11. The van der Waals surface area contributed by atoms with Gasteiger partial charge in [0.15, 0.2) is 0 Å². The van der Waals surface area contributed by atoms with Crippen molar-refractivity contribution in [3.8, 4) is 0 Å². The average Bonchev–Trinajstić information content (AvgIpc) is 2.87.